The molecule has 0 spiro atoms. The standard InChI is InChI=1S/C13H26N2O/c1-9-7-6-8-12(10(9)2)14-11(3)13(16)15(4)5/h9-12,14H,6-8H2,1-5H3. The van der Waals surface area contributed by atoms with Crippen molar-refractivity contribution in [2.45, 2.75) is 52.1 Å². The van der Waals surface area contributed by atoms with Crippen molar-refractivity contribution < 1.29 is 4.79 Å². The molecule has 1 rings (SSSR count). The fourth-order valence-electron chi connectivity index (χ4n) is 2.60. The Kier molecular flexibility index (Phi) is 4.78. The molecule has 0 bridgehead atoms. The fourth-order valence-corrected chi connectivity index (χ4v) is 2.60. The van der Waals surface area contributed by atoms with Crippen LogP contribution in [-0.4, -0.2) is 37.0 Å². The van der Waals surface area contributed by atoms with Crippen LogP contribution in [0.1, 0.15) is 40.0 Å². The molecule has 1 saturated carbocycles. The van der Waals surface area contributed by atoms with Gasteiger partial charge in [0.2, 0.25) is 5.91 Å². The fraction of sp³-hybridized carbons (Fsp3) is 0.923. The van der Waals surface area contributed by atoms with Gasteiger partial charge in [-0.1, -0.05) is 26.7 Å². The number of rotatable bonds is 3. The Hall–Kier alpha value is -0.570. The van der Waals surface area contributed by atoms with E-state index in [0.29, 0.717) is 12.0 Å². The maximum Gasteiger partial charge on any atom is 0.238 e. The summed E-state index contributed by atoms with van der Waals surface area (Å²) in [5.74, 6) is 1.62. The molecule has 4 atom stereocenters. The third-order valence-corrected chi connectivity index (χ3v) is 3.98. The van der Waals surface area contributed by atoms with E-state index in [0.717, 1.165) is 5.92 Å². The van der Waals surface area contributed by atoms with Gasteiger partial charge in [0.25, 0.3) is 0 Å². The predicted molar refractivity (Wildman–Crippen MR) is 67.3 cm³/mol. The van der Waals surface area contributed by atoms with Crippen LogP contribution in [-0.2, 0) is 4.79 Å². The largest absolute Gasteiger partial charge is 0.347 e. The maximum atomic E-state index is 11.8. The molecule has 94 valence electrons. The van der Waals surface area contributed by atoms with Crippen molar-refractivity contribution in [1.29, 1.82) is 0 Å². The van der Waals surface area contributed by atoms with E-state index in [1.807, 2.05) is 21.0 Å². The summed E-state index contributed by atoms with van der Waals surface area (Å²) in [6.07, 6.45) is 3.82. The van der Waals surface area contributed by atoms with Crippen LogP contribution >= 0.6 is 0 Å². The molecule has 16 heavy (non-hydrogen) atoms. The van der Waals surface area contributed by atoms with Gasteiger partial charge in [-0.2, -0.15) is 0 Å². The van der Waals surface area contributed by atoms with Crippen molar-refractivity contribution in [3.05, 3.63) is 0 Å². The average molecular weight is 226 g/mol. The molecule has 4 unspecified atom stereocenters. The summed E-state index contributed by atoms with van der Waals surface area (Å²) in [4.78, 5) is 13.4. The average Bonchev–Trinajstić information content (AvgIpc) is 2.23. The number of nitrogens with zero attached hydrogens (tertiary/aromatic N) is 1. The van der Waals surface area contributed by atoms with Gasteiger partial charge in [0.1, 0.15) is 0 Å². The van der Waals surface area contributed by atoms with Crippen molar-refractivity contribution >= 4 is 5.91 Å². The zero-order chi connectivity index (χ0) is 12.3. The minimum Gasteiger partial charge on any atom is -0.347 e. The summed E-state index contributed by atoms with van der Waals surface area (Å²) in [7, 11) is 3.63. The van der Waals surface area contributed by atoms with E-state index in [1.165, 1.54) is 19.3 Å². The lowest BCUT2D eigenvalue weighted by atomic mass is 9.78. The normalized spacial score (nSPS) is 32.2. The molecular formula is C13H26N2O. The molecule has 0 heterocycles. The van der Waals surface area contributed by atoms with Crippen LogP contribution < -0.4 is 5.32 Å². The van der Waals surface area contributed by atoms with E-state index in [-0.39, 0.29) is 11.9 Å². The highest BCUT2D eigenvalue weighted by Gasteiger charge is 2.29. The van der Waals surface area contributed by atoms with E-state index in [1.54, 1.807) is 4.90 Å². The number of carbonyl (C=O) groups excluding carboxylic acids is 1. The molecule has 1 amide bonds. The molecule has 0 saturated heterocycles. The molecule has 1 aliphatic carbocycles. The maximum absolute atomic E-state index is 11.8. The van der Waals surface area contributed by atoms with E-state index in [4.69, 9.17) is 0 Å². The summed E-state index contributed by atoms with van der Waals surface area (Å²) in [6.45, 7) is 6.58. The first-order chi connectivity index (χ1) is 7.43. The van der Waals surface area contributed by atoms with Crippen LogP contribution in [0.2, 0.25) is 0 Å². The van der Waals surface area contributed by atoms with Crippen LogP contribution in [0, 0.1) is 11.8 Å². The third kappa shape index (κ3) is 3.21. The highest BCUT2D eigenvalue weighted by Crippen LogP contribution is 2.29. The monoisotopic (exact) mass is 226 g/mol. The van der Waals surface area contributed by atoms with Crippen molar-refractivity contribution in [1.82, 2.24) is 10.2 Å². The second-order valence-electron chi connectivity index (χ2n) is 5.49. The Morgan fingerprint density at radius 1 is 1.31 bits per heavy atom. The summed E-state index contributed by atoms with van der Waals surface area (Å²) in [5, 5.41) is 3.49. The lowest BCUT2D eigenvalue weighted by Crippen LogP contribution is -2.50. The highest BCUT2D eigenvalue weighted by atomic mass is 16.2. The van der Waals surface area contributed by atoms with Crippen molar-refractivity contribution in [3.8, 4) is 0 Å². The Balaban J connectivity index is 2.49. The minimum absolute atomic E-state index is 0.0623. The van der Waals surface area contributed by atoms with Gasteiger partial charge in [-0.15, -0.1) is 0 Å². The van der Waals surface area contributed by atoms with Gasteiger partial charge in [-0.25, -0.2) is 0 Å². The van der Waals surface area contributed by atoms with E-state index < -0.39 is 0 Å². The van der Waals surface area contributed by atoms with Gasteiger partial charge < -0.3 is 10.2 Å². The van der Waals surface area contributed by atoms with Crippen LogP contribution in [0.15, 0.2) is 0 Å². The molecule has 3 nitrogen and oxygen atoms in total. The first-order valence-corrected chi connectivity index (χ1v) is 6.40. The topological polar surface area (TPSA) is 32.3 Å². The molecule has 0 aliphatic heterocycles. The smallest absolute Gasteiger partial charge is 0.238 e. The Labute approximate surface area is 99.6 Å². The number of nitrogens with one attached hydrogen (secondary N) is 1. The van der Waals surface area contributed by atoms with Crippen LogP contribution in [0.5, 0.6) is 0 Å². The van der Waals surface area contributed by atoms with E-state index in [2.05, 4.69) is 19.2 Å². The molecule has 1 aliphatic rings. The lowest BCUT2D eigenvalue weighted by molar-refractivity contribution is -0.130. The Bertz CT molecular complexity index is 240. The molecule has 1 fully saturated rings. The SMILES string of the molecule is CC(NC1CCCC(C)C1C)C(=O)N(C)C. The minimum atomic E-state index is -0.0623. The zero-order valence-corrected chi connectivity index (χ0v) is 11.3. The first-order valence-electron chi connectivity index (χ1n) is 6.40. The lowest BCUT2D eigenvalue weighted by Gasteiger charge is -2.36. The molecule has 0 radical (unpaired) electrons. The van der Waals surface area contributed by atoms with Crippen LogP contribution in [0.3, 0.4) is 0 Å². The number of hydrogen-bond donors (Lipinski definition) is 1. The van der Waals surface area contributed by atoms with Crippen molar-refractivity contribution in [3.63, 3.8) is 0 Å². The Morgan fingerprint density at radius 2 is 1.94 bits per heavy atom. The summed E-state index contributed by atoms with van der Waals surface area (Å²) in [5.41, 5.74) is 0. The van der Waals surface area contributed by atoms with Gasteiger partial charge in [0.05, 0.1) is 6.04 Å². The van der Waals surface area contributed by atoms with Gasteiger partial charge in [0.15, 0.2) is 0 Å². The molecule has 0 aromatic heterocycles. The second kappa shape index (κ2) is 5.67. The molecular weight excluding hydrogens is 200 g/mol. The van der Waals surface area contributed by atoms with Gasteiger partial charge >= 0.3 is 0 Å². The summed E-state index contributed by atoms with van der Waals surface area (Å²) >= 11 is 0. The van der Waals surface area contributed by atoms with Crippen molar-refractivity contribution in [2.24, 2.45) is 11.8 Å². The molecule has 0 aromatic rings. The van der Waals surface area contributed by atoms with Crippen LogP contribution in [0.4, 0.5) is 0 Å². The Morgan fingerprint density at radius 3 is 2.50 bits per heavy atom. The molecule has 1 N–H and O–H groups in total. The molecule has 0 aromatic carbocycles. The molecule has 3 heteroatoms. The number of hydrogen-bond acceptors (Lipinski definition) is 2. The zero-order valence-electron chi connectivity index (χ0n) is 11.3. The van der Waals surface area contributed by atoms with E-state index in [9.17, 15) is 4.79 Å². The number of carbonyl (C=O) groups is 1. The number of likely N-dealkylation sites (N-methyl/N-ethyl adjacent to an activating group) is 1. The van der Waals surface area contributed by atoms with Gasteiger partial charge in [-0.05, 0) is 25.2 Å². The summed E-state index contributed by atoms with van der Waals surface area (Å²) in [6, 6.07) is 0.440. The van der Waals surface area contributed by atoms with Crippen molar-refractivity contribution in [2.75, 3.05) is 14.1 Å². The van der Waals surface area contributed by atoms with Gasteiger partial charge in [-0.3, -0.25) is 4.79 Å². The van der Waals surface area contributed by atoms with Gasteiger partial charge in [0, 0.05) is 20.1 Å². The predicted octanol–water partition coefficient (Wildman–Crippen LogP) is 1.88. The van der Waals surface area contributed by atoms with E-state index >= 15 is 0 Å². The highest BCUT2D eigenvalue weighted by molar-refractivity contribution is 5.80. The third-order valence-electron chi connectivity index (χ3n) is 3.98. The van der Waals surface area contributed by atoms with Crippen LogP contribution in [0.25, 0.3) is 0 Å². The summed E-state index contributed by atoms with van der Waals surface area (Å²) < 4.78 is 0. The second-order valence-corrected chi connectivity index (χ2v) is 5.49. The number of amides is 1. The quantitative estimate of drug-likeness (QED) is 0.797. The first kappa shape index (κ1) is 13.5.